The number of amides is 2. The van der Waals surface area contributed by atoms with E-state index in [4.69, 9.17) is 10.4 Å². The number of carboxylic acids is 1. The molecule has 0 radical (unpaired) electrons. The minimum Gasteiger partial charge on any atom is -0.481 e. The average Bonchev–Trinajstić information content (AvgIpc) is 2.33. The zero-order valence-electron chi connectivity index (χ0n) is 12.6. The van der Waals surface area contributed by atoms with Crippen LogP contribution in [0.25, 0.3) is 0 Å². The van der Waals surface area contributed by atoms with Crippen molar-refractivity contribution in [2.75, 3.05) is 13.1 Å². The van der Waals surface area contributed by atoms with Gasteiger partial charge in [-0.05, 0) is 25.7 Å². The van der Waals surface area contributed by atoms with E-state index in [0.29, 0.717) is 38.3 Å². The van der Waals surface area contributed by atoms with Crippen molar-refractivity contribution < 1.29 is 14.7 Å². The van der Waals surface area contributed by atoms with E-state index in [1.165, 1.54) is 0 Å². The van der Waals surface area contributed by atoms with E-state index in [0.717, 1.165) is 0 Å². The van der Waals surface area contributed by atoms with E-state index in [1.54, 1.807) is 4.90 Å². The summed E-state index contributed by atoms with van der Waals surface area (Å²) in [4.78, 5) is 24.1. The normalized spacial score (nSPS) is 11.8. The number of carboxylic acid groups (broad SMARTS) is 1. The second kappa shape index (κ2) is 10.1. The van der Waals surface area contributed by atoms with Crippen LogP contribution in [0.5, 0.6) is 0 Å². The molecule has 0 bridgehead atoms. The highest BCUT2D eigenvalue weighted by atomic mass is 16.4. The Morgan fingerprint density at radius 1 is 1.35 bits per heavy atom. The van der Waals surface area contributed by atoms with E-state index < -0.39 is 5.97 Å². The van der Waals surface area contributed by atoms with Crippen molar-refractivity contribution >= 4 is 12.0 Å². The standard InChI is InChI=1S/C14H25N3O3/c1-11(2)10-17(9-5-8-15)14(20)16-12(3)6-4-7-13(18)19/h11-12H,4-7,9-10H2,1-3H3,(H,16,20)(H,18,19). The Balaban J connectivity index is 4.21. The highest BCUT2D eigenvalue weighted by Gasteiger charge is 2.16. The summed E-state index contributed by atoms with van der Waals surface area (Å²) < 4.78 is 0. The fraction of sp³-hybridized carbons (Fsp3) is 0.786. The van der Waals surface area contributed by atoms with Crippen LogP contribution < -0.4 is 5.32 Å². The fourth-order valence-electron chi connectivity index (χ4n) is 1.84. The Bertz CT molecular complexity index is 350. The van der Waals surface area contributed by atoms with Gasteiger partial charge in [0.1, 0.15) is 0 Å². The number of rotatable bonds is 9. The molecule has 1 unspecified atom stereocenters. The lowest BCUT2D eigenvalue weighted by molar-refractivity contribution is -0.137. The van der Waals surface area contributed by atoms with Crippen molar-refractivity contribution in [3.8, 4) is 6.07 Å². The summed E-state index contributed by atoms with van der Waals surface area (Å²) in [5, 5.41) is 20.0. The Kier molecular flexibility index (Phi) is 9.18. The van der Waals surface area contributed by atoms with Crippen LogP contribution in [0, 0.1) is 17.2 Å². The lowest BCUT2D eigenvalue weighted by atomic mass is 10.1. The lowest BCUT2D eigenvalue weighted by Gasteiger charge is -2.26. The third-order valence-electron chi connectivity index (χ3n) is 2.76. The number of aliphatic carboxylic acids is 1. The third-order valence-corrected chi connectivity index (χ3v) is 2.76. The molecule has 0 spiro atoms. The molecule has 0 saturated carbocycles. The van der Waals surface area contributed by atoms with Crippen LogP contribution >= 0.6 is 0 Å². The van der Waals surface area contributed by atoms with Gasteiger partial charge >= 0.3 is 12.0 Å². The van der Waals surface area contributed by atoms with Crippen LogP contribution in [0.15, 0.2) is 0 Å². The smallest absolute Gasteiger partial charge is 0.317 e. The lowest BCUT2D eigenvalue weighted by Crippen LogP contribution is -2.45. The summed E-state index contributed by atoms with van der Waals surface area (Å²) >= 11 is 0. The maximum atomic E-state index is 12.1. The van der Waals surface area contributed by atoms with E-state index in [9.17, 15) is 9.59 Å². The minimum absolute atomic E-state index is 0.0707. The van der Waals surface area contributed by atoms with Gasteiger partial charge in [-0.3, -0.25) is 4.79 Å². The van der Waals surface area contributed by atoms with Crippen LogP contribution in [-0.4, -0.2) is 41.1 Å². The van der Waals surface area contributed by atoms with Crippen molar-refractivity contribution in [3.05, 3.63) is 0 Å². The van der Waals surface area contributed by atoms with Crippen molar-refractivity contribution in [1.29, 1.82) is 5.26 Å². The van der Waals surface area contributed by atoms with Gasteiger partial charge < -0.3 is 15.3 Å². The molecule has 0 aromatic carbocycles. The molecule has 0 aromatic rings. The van der Waals surface area contributed by atoms with Crippen LogP contribution in [0.1, 0.15) is 46.5 Å². The number of nitriles is 1. The van der Waals surface area contributed by atoms with Gasteiger partial charge in [0.05, 0.1) is 12.5 Å². The molecule has 0 heterocycles. The van der Waals surface area contributed by atoms with Gasteiger partial charge in [0.25, 0.3) is 0 Å². The number of urea groups is 1. The molecular formula is C14H25N3O3. The SMILES string of the molecule is CC(C)CN(CCC#N)C(=O)NC(C)CCCC(=O)O. The summed E-state index contributed by atoms with van der Waals surface area (Å²) in [5.74, 6) is -0.485. The first-order valence-corrected chi connectivity index (χ1v) is 7.01. The predicted octanol–water partition coefficient (Wildman–Crippen LogP) is 2.21. The molecule has 0 rings (SSSR count). The Morgan fingerprint density at radius 2 is 2.00 bits per heavy atom. The molecule has 114 valence electrons. The molecule has 0 saturated heterocycles. The minimum atomic E-state index is -0.820. The predicted molar refractivity (Wildman–Crippen MR) is 76.1 cm³/mol. The Hall–Kier alpha value is -1.77. The summed E-state index contributed by atoms with van der Waals surface area (Å²) in [6, 6.07) is 1.79. The number of nitrogens with one attached hydrogen (secondary N) is 1. The van der Waals surface area contributed by atoms with Gasteiger partial charge in [-0.1, -0.05) is 13.8 Å². The summed E-state index contributed by atoms with van der Waals surface area (Å²) in [5.41, 5.74) is 0. The van der Waals surface area contributed by atoms with Gasteiger partial charge in [-0.15, -0.1) is 0 Å². The summed E-state index contributed by atoms with van der Waals surface area (Å²) in [6.45, 7) is 6.92. The van der Waals surface area contributed by atoms with E-state index in [1.807, 2.05) is 26.8 Å². The average molecular weight is 283 g/mol. The molecule has 0 fully saturated rings. The molecule has 20 heavy (non-hydrogen) atoms. The van der Waals surface area contributed by atoms with Crippen molar-refractivity contribution in [2.24, 2.45) is 5.92 Å². The first kappa shape index (κ1) is 18.2. The molecule has 2 N–H and O–H groups in total. The highest BCUT2D eigenvalue weighted by Crippen LogP contribution is 2.04. The van der Waals surface area contributed by atoms with Crippen LogP contribution in [0.2, 0.25) is 0 Å². The van der Waals surface area contributed by atoms with E-state index in [2.05, 4.69) is 5.32 Å². The van der Waals surface area contributed by atoms with Crippen molar-refractivity contribution in [1.82, 2.24) is 10.2 Å². The molecule has 1 atom stereocenters. The first-order chi connectivity index (χ1) is 9.36. The number of hydrogen-bond acceptors (Lipinski definition) is 3. The fourth-order valence-corrected chi connectivity index (χ4v) is 1.84. The molecule has 0 aliphatic rings. The van der Waals surface area contributed by atoms with Gasteiger partial charge in [-0.25, -0.2) is 4.79 Å². The van der Waals surface area contributed by atoms with Gasteiger partial charge in [0.15, 0.2) is 0 Å². The second-order valence-electron chi connectivity index (χ2n) is 5.38. The molecular weight excluding hydrogens is 258 g/mol. The molecule has 0 aliphatic carbocycles. The van der Waals surface area contributed by atoms with E-state index in [-0.39, 0.29) is 18.5 Å². The van der Waals surface area contributed by atoms with Crippen molar-refractivity contribution in [2.45, 2.75) is 52.5 Å². The van der Waals surface area contributed by atoms with Crippen LogP contribution in [0.3, 0.4) is 0 Å². The molecule has 0 aromatic heterocycles. The van der Waals surface area contributed by atoms with Crippen LogP contribution in [-0.2, 0) is 4.79 Å². The second-order valence-corrected chi connectivity index (χ2v) is 5.38. The van der Waals surface area contributed by atoms with Crippen molar-refractivity contribution in [3.63, 3.8) is 0 Å². The zero-order valence-corrected chi connectivity index (χ0v) is 12.6. The van der Waals surface area contributed by atoms with Gasteiger partial charge in [-0.2, -0.15) is 5.26 Å². The molecule has 2 amide bonds. The first-order valence-electron chi connectivity index (χ1n) is 7.01. The summed E-state index contributed by atoms with van der Waals surface area (Å²) in [6.07, 6.45) is 1.60. The number of nitrogens with zero attached hydrogens (tertiary/aromatic N) is 2. The van der Waals surface area contributed by atoms with Gasteiger partial charge in [0.2, 0.25) is 0 Å². The highest BCUT2D eigenvalue weighted by molar-refractivity contribution is 5.74. The van der Waals surface area contributed by atoms with E-state index >= 15 is 0 Å². The quantitative estimate of drug-likeness (QED) is 0.678. The maximum Gasteiger partial charge on any atom is 0.317 e. The topological polar surface area (TPSA) is 93.4 Å². The summed E-state index contributed by atoms with van der Waals surface area (Å²) in [7, 11) is 0. The largest absolute Gasteiger partial charge is 0.481 e. The molecule has 0 aliphatic heterocycles. The Labute approximate surface area is 120 Å². The molecule has 6 heteroatoms. The number of hydrogen-bond donors (Lipinski definition) is 2. The number of carbonyl (C=O) groups excluding carboxylic acids is 1. The van der Waals surface area contributed by atoms with Crippen LogP contribution in [0.4, 0.5) is 4.79 Å². The van der Waals surface area contributed by atoms with Gasteiger partial charge in [0, 0.05) is 25.6 Å². The monoisotopic (exact) mass is 283 g/mol. The Morgan fingerprint density at radius 3 is 2.50 bits per heavy atom. The zero-order chi connectivity index (χ0) is 15.5. The number of carbonyl (C=O) groups is 2. The maximum absolute atomic E-state index is 12.1. The molecule has 6 nitrogen and oxygen atoms in total. The third kappa shape index (κ3) is 9.20.